The van der Waals surface area contributed by atoms with Gasteiger partial charge in [-0.3, -0.25) is 9.69 Å². The Morgan fingerprint density at radius 1 is 1.33 bits per heavy atom. The lowest BCUT2D eigenvalue weighted by Gasteiger charge is -2.34. The quantitative estimate of drug-likeness (QED) is 0.842. The number of carbonyl (C=O) groups is 1. The minimum Gasteiger partial charge on any atom is -0.369 e. The van der Waals surface area contributed by atoms with Crippen molar-refractivity contribution >= 4 is 5.91 Å². The van der Waals surface area contributed by atoms with Crippen molar-refractivity contribution in [2.75, 3.05) is 19.6 Å². The maximum atomic E-state index is 11.0. The summed E-state index contributed by atoms with van der Waals surface area (Å²) in [7, 11) is 0. The molecule has 1 aromatic rings. The molecular formula is C17H27N3O. The van der Waals surface area contributed by atoms with E-state index < -0.39 is 0 Å². The molecule has 1 unspecified atom stereocenters. The fourth-order valence-electron chi connectivity index (χ4n) is 3.01. The first kappa shape index (κ1) is 16.0. The smallest absolute Gasteiger partial charge is 0.231 e. The number of likely N-dealkylation sites (tertiary alicyclic amines) is 1. The predicted molar refractivity (Wildman–Crippen MR) is 86.0 cm³/mol. The van der Waals surface area contributed by atoms with Gasteiger partial charge in [0.15, 0.2) is 0 Å². The molecule has 1 atom stereocenters. The van der Waals surface area contributed by atoms with Gasteiger partial charge in [0.05, 0.1) is 6.54 Å². The van der Waals surface area contributed by atoms with Crippen LogP contribution in [0, 0.1) is 6.92 Å². The molecule has 1 heterocycles. The minimum atomic E-state index is -0.229. The highest BCUT2D eigenvalue weighted by Gasteiger charge is 2.22. The van der Waals surface area contributed by atoms with E-state index in [9.17, 15) is 4.79 Å². The summed E-state index contributed by atoms with van der Waals surface area (Å²) >= 11 is 0. The van der Waals surface area contributed by atoms with Crippen molar-refractivity contribution in [2.24, 2.45) is 5.73 Å². The lowest BCUT2D eigenvalue weighted by molar-refractivity contribution is -0.119. The zero-order valence-electron chi connectivity index (χ0n) is 13.1. The van der Waals surface area contributed by atoms with Crippen LogP contribution < -0.4 is 11.1 Å². The molecule has 4 nitrogen and oxygen atoms in total. The number of hydrogen-bond acceptors (Lipinski definition) is 3. The van der Waals surface area contributed by atoms with Crippen LogP contribution in [0.15, 0.2) is 24.3 Å². The van der Waals surface area contributed by atoms with Gasteiger partial charge in [-0.2, -0.15) is 0 Å². The van der Waals surface area contributed by atoms with Gasteiger partial charge in [0, 0.05) is 25.2 Å². The summed E-state index contributed by atoms with van der Waals surface area (Å²) in [4.78, 5) is 13.1. The van der Waals surface area contributed by atoms with Crippen molar-refractivity contribution < 1.29 is 4.79 Å². The summed E-state index contributed by atoms with van der Waals surface area (Å²) in [5.41, 5.74) is 7.92. The number of nitrogens with one attached hydrogen (secondary N) is 1. The third-order valence-corrected chi connectivity index (χ3v) is 4.29. The molecule has 21 heavy (non-hydrogen) atoms. The van der Waals surface area contributed by atoms with E-state index in [1.165, 1.54) is 11.1 Å². The number of amides is 1. The van der Waals surface area contributed by atoms with Gasteiger partial charge in [-0.15, -0.1) is 0 Å². The first-order valence-corrected chi connectivity index (χ1v) is 7.91. The van der Waals surface area contributed by atoms with Crippen molar-refractivity contribution in [2.45, 2.75) is 45.2 Å². The number of hydrogen-bond donors (Lipinski definition) is 2. The molecule has 2 rings (SSSR count). The summed E-state index contributed by atoms with van der Waals surface area (Å²) in [6.07, 6.45) is 3.25. The Morgan fingerprint density at radius 3 is 2.48 bits per heavy atom. The van der Waals surface area contributed by atoms with Gasteiger partial charge in [-0.05, 0) is 31.7 Å². The Hall–Kier alpha value is -1.39. The van der Waals surface area contributed by atoms with Gasteiger partial charge in [-0.1, -0.05) is 36.8 Å². The van der Waals surface area contributed by atoms with E-state index in [0.717, 1.165) is 32.4 Å². The number of carbonyl (C=O) groups excluding carboxylic acids is 1. The van der Waals surface area contributed by atoms with Crippen molar-refractivity contribution in [1.82, 2.24) is 10.2 Å². The fourth-order valence-corrected chi connectivity index (χ4v) is 3.01. The Morgan fingerprint density at radius 2 is 1.95 bits per heavy atom. The molecule has 1 amide bonds. The lowest BCUT2D eigenvalue weighted by atomic mass is 9.98. The largest absolute Gasteiger partial charge is 0.369 e. The van der Waals surface area contributed by atoms with Crippen LogP contribution in [0.5, 0.6) is 0 Å². The van der Waals surface area contributed by atoms with Crippen LogP contribution in [0.1, 0.15) is 43.4 Å². The number of benzene rings is 1. The van der Waals surface area contributed by atoms with E-state index >= 15 is 0 Å². The summed E-state index contributed by atoms with van der Waals surface area (Å²) in [5, 5.41) is 3.77. The third-order valence-electron chi connectivity index (χ3n) is 4.29. The first-order chi connectivity index (χ1) is 10.1. The molecule has 1 saturated heterocycles. The maximum absolute atomic E-state index is 11.0. The normalized spacial score (nSPS) is 18.6. The van der Waals surface area contributed by atoms with E-state index in [-0.39, 0.29) is 5.91 Å². The molecule has 1 aliphatic rings. The van der Waals surface area contributed by atoms with Crippen LogP contribution in [0.25, 0.3) is 0 Å². The van der Waals surface area contributed by atoms with Crippen LogP contribution in [-0.2, 0) is 4.79 Å². The first-order valence-electron chi connectivity index (χ1n) is 7.91. The van der Waals surface area contributed by atoms with Gasteiger partial charge in [-0.25, -0.2) is 0 Å². The van der Waals surface area contributed by atoms with Gasteiger partial charge in [0.2, 0.25) is 5.91 Å². The van der Waals surface area contributed by atoms with Crippen LogP contribution >= 0.6 is 0 Å². The molecule has 3 N–H and O–H groups in total. The molecule has 1 aliphatic heterocycles. The topological polar surface area (TPSA) is 58.4 Å². The Labute approximate surface area is 127 Å². The molecule has 0 aromatic heterocycles. The Balaban J connectivity index is 1.86. The number of nitrogens with zero attached hydrogens (tertiary/aromatic N) is 1. The van der Waals surface area contributed by atoms with Gasteiger partial charge in [0.1, 0.15) is 0 Å². The minimum absolute atomic E-state index is 0.229. The number of primary amides is 1. The van der Waals surface area contributed by atoms with Crippen LogP contribution in [0.4, 0.5) is 0 Å². The number of piperidine rings is 1. The second-order valence-electron chi connectivity index (χ2n) is 6.05. The van der Waals surface area contributed by atoms with E-state index in [4.69, 9.17) is 5.73 Å². The average molecular weight is 289 g/mol. The third kappa shape index (κ3) is 4.83. The monoisotopic (exact) mass is 289 g/mol. The van der Waals surface area contributed by atoms with Crippen molar-refractivity contribution in [3.63, 3.8) is 0 Å². The second-order valence-corrected chi connectivity index (χ2v) is 6.05. The van der Waals surface area contributed by atoms with Crippen molar-refractivity contribution in [3.05, 3.63) is 35.4 Å². The molecule has 4 heteroatoms. The molecule has 0 bridgehead atoms. The fraction of sp³-hybridized carbons (Fsp3) is 0.588. The van der Waals surface area contributed by atoms with Gasteiger partial charge >= 0.3 is 0 Å². The number of aryl methyl sites for hydroxylation is 1. The molecule has 0 spiro atoms. The molecule has 0 aliphatic carbocycles. The summed E-state index contributed by atoms with van der Waals surface area (Å²) in [5.74, 6) is -0.229. The molecule has 1 fully saturated rings. The number of rotatable bonds is 6. The summed E-state index contributed by atoms with van der Waals surface area (Å²) in [6.45, 7) is 6.63. The highest BCUT2D eigenvalue weighted by atomic mass is 16.1. The molecule has 1 aromatic carbocycles. The lowest BCUT2D eigenvalue weighted by Crippen LogP contribution is -2.46. The van der Waals surface area contributed by atoms with E-state index in [2.05, 4.69) is 48.3 Å². The summed E-state index contributed by atoms with van der Waals surface area (Å²) in [6, 6.07) is 9.74. The highest BCUT2D eigenvalue weighted by Crippen LogP contribution is 2.20. The van der Waals surface area contributed by atoms with E-state index in [1.807, 2.05) is 0 Å². The highest BCUT2D eigenvalue weighted by molar-refractivity contribution is 5.75. The van der Waals surface area contributed by atoms with Crippen LogP contribution in [-0.4, -0.2) is 36.5 Å². The van der Waals surface area contributed by atoms with E-state index in [0.29, 0.717) is 18.6 Å². The van der Waals surface area contributed by atoms with Gasteiger partial charge in [0.25, 0.3) is 0 Å². The second kappa shape index (κ2) is 7.57. The van der Waals surface area contributed by atoms with Crippen LogP contribution in [0.2, 0.25) is 0 Å². The zero-order chi connectivity index (χ0) is 15.2. The number of nitrogens with two attached hydrogens (primary N) is 1. The Bertz CT molecular complexity index is 450. The standard InChI is InChI=1S/C17H27N3O/c1-3-16(14-6-4-13(2)5-7-14)19-15-8-10-20(11-9-15)12-17(18)21/h4-7,15-16,19H,3,8-12H2,1-2H3,(H2,18,21). The molecule has 0 radical (unpaired) electrons. The SMILES string of the molecule is CCC(NC1CCN(CC(N)=O)CC1)c1ccc(C)cc1. The predicted octanol–water partition coefficient (Wildman–Crippen LogP) is 1.99. The zero-order valence-corrected chi connectivity index (χ0v) is 13.1. The average Bonchev–Trinajstić information content (AvgIpc) is 2.47. The van der Waals surface area contributed by atoms with Crippen molar-refractivity contribution in [1.29, 1.82) is 0 Å². The molecular weight excluding hydrogens is 262 g/mol. The van der Waals surface area contributed by atoms with Gasteiger partial charge < -0.3 is 11.1 Å². The Kier molecular flexibility index (Phi) is 5.76. The summed E-state index contributed by atoms with van der Waals surface area (Å²) < 4.78 is 0. The molecule has 0 saturated carbocycles. The van der Waals surface area contributed by atoms with Crippen molar-refractivity contribution in [3.8, 4) is 0 Å². The maximum Gasteiger partial charge on any atom is 0.231 e. The van der Waals surface area contributed by atoms with E-state index in [1.54, 1.807) is 0 Å². The van der Waals surface area contributed by atoms with Crippen LogP contribution in [0.3, 0.4) is 0 Å². The molecule has 116 valence electrons.